The SMILES string of the molecule is CCCC1(C(=O)N2CCC(C(C)(C)C)CC2)CCCN1. The molecule has 1 unspecified atom stereocenters. The standard InChI is InChI=1S/C17H32N2O/c1-5-9-17(10-6-11-18-17)15(20)19-12-7-14(8-13-19)16(2,3)4/h14,18H,5-13H2,1-4H3. The van der Waals surface area contributed by atoms with E-state index in [-0.39, 0.29) is 5.54 Å². The Kier molecular flexibility index (Phi) is 4.78. The monoisotopic (exact) mass is 280 g/mol. The third kappa shape index (κ3) is 3.19. The lowest BCUT2D eigenvalue weighted by atomic mass is 9.75. The predicted octanol–water partition coefficient (Wildman–Crippen LogP) is 3.19. The molecular weight excluding hydrogens is 248 g/mol. The molecular formula is C17H32N2O. The highest BCUT2D eigenvalue weighted by Gasteiger charge is 2.43. The van der Waals surface area contributed by atoms with Crippen LogP contribution in [0.3, 0.4) is 0 Å². The van der Waals surface area contributed by atoms with Crippen molar-refractivity contribution >= 4 is 5.91 Å². The fourth-order valence-corrected chi connectivity index (χ4v) is 3.99. The van der Waals surface area contributed by atoms with Gasteiger partial charge >= 0.3 is 0 Å². The number of nitrogens with zero attached hydrogens (tertiary/aromatic N) is 1. The third-order valence-corrected chi connectivity index (χ3v) is 5.34. The summed E-state index contributed by atoms with van der Waals surface area (Å²) >= 11 is 0. The molecule has 3 nitrogen and oxygen atoms in total. The molecule has 0 radical (unpaired) electrons. The maximum atomic E-state index is 12.9. The molecule has 1 N–H and O–H groups in total. The van der Waals surface area contributed by atoms with E-state index in [0.29, 0.717) is 11.3 Å². The molecule has 0 aromatic carbocycles. The lowest BCUT2D eigenvalue weighted by molar-refractivity contribution is -0.140. The largest absolute Gasteiger partial charge is 0.341 e. The van der Waals surface area contributed by atoms with Gasteiger partial charge in [-0.2, -0.15) is 0 Å². The van der Waals surface area contributed by atoms with Gasteiger partial charge in [0.15, 0.2) is 0 Å². The lowest BCUT2D eigenvalue weighted by Crippen LogP contribution is -2.56. The molecule has 116 valence electrons. The van der Waals surface area contributed by atoms with Gasteiger partial charge in [-0.25, -0.2) is 0 Å². The molecule has 1 amide bonds. The van der Waals surface area contributed by atoms with Crippen molar-refractivity contribution in [3.63, 3.8) is 0 Å². The van der Waals surface area contributed by atoms with E-state index in [2.05, 4.69) is 37.9 Å². The van der Waals surface area contributed by atoms with Gasteiger partial charge in [0.05, 0.1) is 5.54 Å². The number of rotatable bonds is 3. The van der Waals surface area contributed by atoms with Crippen molar-refractivity contribution in [2.75, 3.05) is 19.6 Å². The Morgan fingerprint density at radius 2 is 1.95 bits per heavy atom. The van der Waals surface area contributed by atoms with Gasteiger partial charge in [0.2, 0.25) is 5.91 Å². The molecule has 2 aliphatic heterocycles. The second kappa shape index (κ2) is 6.05. The van der Waals surface area contributed by atoms with Crippen molar-refractivity contribution in [1.29, 1.82) is 0 Å². The van der Waals surface area contributed by atoms with Crippen LogP contribution in [0, 0.1) is 11.3 Å². The van der Waals surface area contributed by atoms with Crippen LogP contribution in [-0.4, -0.2) is 36.0 Å². The van der Waals surface area contributed by atoms with E-state index in [1.54, 1.807) is 0 Å². The molecule has 2 fully saturated rings. The summed E-state index contributed by atoms with van der Waals surface area (Å²) in [7, 11) is 0. The minimum Gasteiger partial charge on any atom is -0.341 e. The number of hydrogen-bond donors (Lipinski definition) is 1. The summed E-state index contributed by atoms with van der Waals surface area (Å²) in [6, 6.07) is 0. The summed E-state index contributed by atoms with van der Waals surface area (Å²) in [5.74, 6) is 1.13. The Morgan fingerprint density at radius 3 is 2.40 bits per heavy atom. The van der Waals surface area contributed by atoms with Crippen LogP contribution in [0.4, 0.5) is 0 Å². The van der Waals surface area contributed by atoms with Crippen molar-refractivity contribution in [2.45, 2.75) is 71.8 Å². The number of amides is 1. The second-order valence-corrected chi connectivity index (χ2v) is 7.79. The minimum absolute atomic E-state index is 0.233. The zero-order valence-corrected chi connectivity index (χ0v) is 13.8. The van der Waals surface area contributed by atoms with Gasteiger partial charge in [-0.05, 0) is 50.0 Å². The van der Waals surface area contributed by atoms with Gasteiger partial charge < -0.3 is 10.2 Å². The maximum absolute atomic E-state index is 12.9. The summed E-state index contributed by atoms with van der Waals surface area (Å²) in [6.07, 6.45) is 6.57. The van der Waals surface area contributed by atoms with Crippen molar-refractivity contribution in [2.24, 2.45) is 11.3 Å². The molecule has 0 spiro atoms. The highest BCUT2D eigenvalue weighted by Crippen LogP contribution is 2.36. The van der Waals surface area contributed by atoms with Gasteiger partial charge in [-0.3, -0.25) is 4.79 Å². The van der Waals surface area contributed by atoms with E-state index < -0.39 is 0 Å². The first kappa shape index (κ1) is 15.8. The number of carbonyl (C=O) groups is 1. The van der Waals surface area contributed by atoms with Crippen LogP contribution in [0.25, 0.3) is 0 Å². The van der Waals surface area contributed by atoms with Crippen LogP contribution in [0.1, 0.15) is 66.2 Å². The predicted molar refractivity (Wildman–Crippen MR) is 83.6 cm³/mol. The Morgan fingerprint density at radius 1 is 1.30 bits per heavy atom. The highest BCUT2D eigenvalue weighted by atomic mass is 16.2. The van der Waals surface area contributed by atoms with Crippen LogP contribution < -0.4 is 5.32 Å². The third-order valence-electron chi connectivity index (χ3n) is 5.34. The van der Waals surface area contributed by atoms with E-state index in [1.807, 2.05) is 0 Å². The van der Waals surface area contributed by atoms with Gasteiger partial charge in [0, 0.05) is 13.1 Å². The van der Waals surface area contributed by atoms with E-state index in [9.17, 15) is 4.79 Å². The highest BCUT2D eigenvalue weighted by molar-refractivity contribution is 5.86. The fourth-order valence-electron chi connectivity index (χ4n) is 3.99. The molecule has 0 bridgehead atoms. The summed E-state index contributed by atoms with van der Waals surface area (Å²) in [5.41, 5.74) is 0.144. The zero-order chi connectivity index (χ0) is 14.8. The molecule has 2 rings (SSSR count). The van der Waals surface area contributed by atoms with Gasteiger partial charge in [-0.1, -0.05) is 34.1 Å². The van der Waals surface area contributed by atoms with Gasteiger partial charge in [0.1, 0.15) is 0 Å². The number of hydrogen-bond acceptors (Lipinski definition) is 2. The summed E-state index contributed by atoms with van der Waals surface area (Å²) in [4.78, 5) is 15.1. The van der Waals surface area contributed by atoms with Gasteiger partial charge in [0.25, 0.3) is 0 Å². The van der Waals surface area contributed by atoms with Crippen molar-refractivity contribution in [3.8, 4) is 0 Å². The molecule has 2 saturated heterocycles. The zero-order valence-electron chi connectivity index (χ0n) is 13.8. The van der Waals surface area contributed by atoms with Crippen LogP contribution in [0.15, 0.2) is 0 Å². The molecule has 0 aliphatic carbocycles. The summed E-state index contributed by atoms with van der Waals surface area (Å²) in [6.45, 7) is 12.1. The van der Waals surface area contributed by atoms with E-state index in [1.165, 1.54) is 0 Å². The van der Waals surface area contributed by atoms with E-state index >= 15 is 0 Å². The topological polar surface area (TPSA) is 32.3 Å². The average molecular weight is 280 g/mol. The molecule has 0 aromatic rings. The molecule has 2 heterocycles. The first-order valence-corrected chi connectivity index (χ1v) is 8.43. The smallest absolute Gasteiger partial charge is 0.242 e. The fraction of sp³-hybridized carbons (Fsp3) is 0.941. The van der Waals surface area contributed by atoms with Gasteiger partial charge in [-0.15, -0.1) is 0 Å². The Bertz CT molecular complexity index is 331. The maximum Gasteiger partial charge on any atom is 0.242 e. The van der Waals surface area contributed by atoms with Crippen molar-refractivity contribution < 1.29 is 4.79 Å². The molecule has 0 aromatic heterocycles. The molecule has 3 heteroatoms. The Labute approximate surface area is 124 Å². The van der Waals surface area contributed by atoms with Crippen LogP contribution in [0.5, 0.6) is 0 Å². The first-order valence-electron chi connectivity index (χ1n) is 8.43. The molecule has 2 aliphatic rings. The number of nitrogens with one attached hydrogen (secondary N) is 1. The van der Waals surface area contributed by atoms with Crippen LogP contribution in [-0.2, 0) is 4.79 Å². The normalized spacial score (nSPS) is 28.9. The Hall–Kier alpha value is -0.570. The molecule has 20 heavy (non-hydrogen) atoms. The van der Waals surface area contributed by atoms with Crippen LogP contribution in [0.2, 0.25) is 0 Å². The molecule has 0 saturated carbocycles. The number of piperidine rings is 1. The van der Waals surface area contributed by atoms with E-state index in [0.717, 1.165) is 64.1 Å². The van der Waals surface area contributed by atoms with E-state index in [4.69, 9.17) is 0 Å². The number of likely N-dealkylation sites (tertiary alicyclic amines) is 1. The summed E-state index contributed by atoms with van der Waals surface area (Å²) < 4.78 is 0. The number of carbonyl (C=O) groups excluding carboxylic acids is 1. The quantitative estimate of drug-likeness (QED) is 0.861. The van der Waals surface area contributed by atoms with Crippen molar-refractivity contribution in [1.82, 2.24) is 10.2 Å². The van der Waals surface area contributed by atoms with Crippen molar-refractivity contribution in [3.05, 3.63) is 0 Å². The first-order chi connectivity index (χ1) is 9.39. The second-order valence-electron chi connectivity index (χ2n) is 7.79. The molecule has 1 atom stereocenters. The van der Waals surface area contributed by atoms with Crippen LogP contribution >= 0.6 is 0 Å². The summed E-state index contributed by atoms with van der Waals surface area (Å²) in [5, 5.41) is 3.52. The Balaban J connectivity index is 1.97. The average Bonchev–Trinajstić information content (AvgIpc) is 2.87. The lowest BCUT2D eigenvalue weighted by Gasteiger charge is -2.42. The minimum atomic E-state index is -0.233.